The van der Waals surface area contributed by atoms with Crippen molar-refractivity contribution in [3.05, 3.63) is 22.4 Å². The van der Waals surface area contributed by atoms with Crippen molar-refractivity contribution < 1.29 is 9.90 Å². The van der Waals surface area contributed by atoms with Gasteiger partial charge in [-0.25, -0.2) is 0 Å². The van der Waals surface area contributed by atoms with Gasteiger partial charge in [0.05, 0.1) is 6.42 Å². The van der Waals surface area contributed by atoms with Crippen molar-refractivity contribution in [2.24, 2.45) is 5.73 Å². The third kappa shape index (κ3) is 2.82. The van der Waals surface area contributed by atoms with Crippen molar-refractivity contribution >= 4 is 17.3 Å². The van der Waals surface area contributed by atoms with Crippen molar-refractivity contribution in [3.63, 3.8) is 0 Å². The average molecular weight is 199 g/mol. The Morgan fingerprint density at radius 1 is 1.77 bits per heavy atom. The number of hydrogen-bond donors (Lipinski definition) is 2. The summed E-state index contributed by atoms with van der Waals surface area (Å²) in [5.41, 5.74) is 5.74. The molecule has 2 unspecified atom stereocenters. The van der Waals surface area contributed by atoms with E-state index in [2.05, 4.69) is 0 Å². The van der Waals surface area contributed by atoms with E-state index >= 15 is 0 Å². The van der Waals surface area contributed by atoms with E-state index < -0.39 is 5.97 Å². The summed E-state index contributed by atoms with van der Waals surface area (Å²) in [4.78, 5) is 11.6. The van der Waals surface area contributed by atoms with Crippen LogP contribution < -0.4 is 5.73 Å². The lowest BCUT2D eigenvalue weighted by Crippen LogP contribution is -2.29. The summed E-state index contributed by atoms with van der Waals surface area (Å²) in [7, 11) is 0. The third-order valence-corrected chi connectivity index (χ3v) is 3.12. The average Bonchev–Trinajstić information content (AvgIpc) is 2.53. The summed E-state index contributed by atoms with van der Waals surface area (Å²) < 4.78 is 0. The first-order valence-corrected chi connectivity index (χ1v) is 5.00. The van der Waals surface area contributed by atoms with E-state index in [4.69, 9.17) is 10.8 Å². The Hall–Kier alpha value is -0.870. The van der Waals surface area contributed by atoms with Crippen LogP contribution in [-0.4, -0.2) is 17.1 Å². The molecule has 0 amide bonds. The van der Waals surface area contributed by atoms with Crippen LogP contribution in [0, 0.1) is 0 Å². The zero-order valence-corrected chi connectivity index (χ0v) is 8.25. The summed E-state index contributed by atoms with van der Waals surface area (Å²) in [6.07, 6.45) is 0.0269. The maximum Gasteiger partial charge on any atom is 0.304 e. The standard InChI is InChI=1S/C9H13NO2S/c1-6(7(10)5-9(11)12)8-3-2-4-13-8/h2-4,6-7H,5,10H2,1H3,(H,11,12). The molecule has 4 heteroatoms. The smallest absolute Gasteiger partial charge is 0.304 e. The monoisotopic (exact) mass is 199 g/mol. The summed E-state index contributed by atoms with van der Waals surface area (Å²) >= 11 is 1.61. The fraction of sp³-hybridized carbons (Fsp3) is 0.444. The van der Waals surface area contributed by atoms with Crippen molar-refractivity contribution in [1.82, 2.24) is 0 Å². The van der Waals surface area contributed by atoms with E-state index in [1.807, 2.05) is 24.4 Å². The van der Waals surface area contributed by atoms with Crippen LogP contribution in [0.25, 0.3) is 0 Å². The molecule has 0 aliphatic rings. The molecule has 1 aromatic rings. The number of carbonyl (C=O) groups is 1. The van der Waals surface area contributed by atoms with E-state index in [1.165, 1.54) is 0 Å². The van der Waals surface area contributed by atoms with Crippen LogP contribution in [0.5, 0.6) is 0 Å². The molecule has 0 saturated carbocycles. The van der Waals surface area contributed by atoms with Gasteiger partial charge in [-0.3, -0.25) is 4.79 Å². The van der Waals surface area contributed by atoms with Crippen LogP contribution in [0.4, 0.5) is 0 Å². The van der Waals surface area contributed by atoms with Gasteiger partial charge in [0, 0.05) is 16.8 Å². The minimum atomic E-state index is -0.837. The Morgan fingerprint density at radius 3 is 2.92 bits per heavy atom. The number of carboxylic acids is 1. The van der Waals surface area contributed by atoms with Gasteiger partial charge in [-0.1, -0.05) is 13.0 Å². The fourth-order valence-corrected chi connectivity index (χ4v) is 2.00. The Kier molecular flexibility index (Phi) is 3.45. The highest BCUT2D eigenvalue weighted by Crippen LogP contribution is 2.24. The summed E-state index contributed by atoms with van der Waals surface area (Å²) in [6, 6.07) is 3.64. The lowest BCUT2D eigenvalue weighted by Gasteiger charge is -2.16. The number of aliphatic carboxylic acids is 1. The van der Waals surface area contributed by atoms with Gasteiger partial charge in [0.1, 0.15) is 0 Å². The topological polar surface area (TPSA) is 63.3 Å². The Balaban J connectivity index is 2.57. The van der Waals surface area contributed by atoms with E-state index in [1.54, 1.807) is 11.3 Å². The minimum Gasteiger partial charge on any atom is -0.481 e. The first-order chi connectivity index (χ1) is 6.11. The highest BCUT2D eigenvalue weighted by atomic mass is 32.1. The van der Waals surface area contributed by atoms with Crippen LogP contribution >= 0.6 is 11.3 Å². The number of carboxylic acid groups (broad SMARTS) is 1. The Bertz CT molecular complexity index is 271. The zero-order valence-electron chi connectivity index (χ0n) is 7.43. The van der Waals surface area contributed by atoms with Crippen molar-refractivity contribution in [2.45, 2.75) is 25.3 Å². The molecular formula is C9H13NO2S. The van der Waals surface area contributed by atoms with Gasteiger partial charge in [0.15, 0.2) is 0 Å². The van der Waals surface area contributed by atoms with E-state index in [0.717, 1.165) is 4.88 Å². The van der Waals surface area contributed by atoms with Gasteiger partial charge >= 0.3 is 5.97 Å². The minimum absolute atomic E-state index is 0.0269. The normalized spacial score (nSPS) is 15.2. The molecule has 0 fully saturated rings. The molecule has 0 aliphatic carbocycles. The molecule has 1 rings (SSSR count). The second-order valence-electron chi connectivity index (χ2n) is 3.07. The first kappa shape index (κ1) is 10.2. The predicted octanol–water partition coefficient (Wildman–Crippen LogP) is 1.65. The molecule has 0 saturated heterocycles. The van der Waals surface area contributed by atoms with Gasteiger partial charge in [-0.15, -0.1) is 11.3 Å². The lowest BCUT2D eigenvalue weighted by molar-refractivity contribution is -0.137. The molecule has 2 atom stereocenters. The van der Waals surface area contributed by atoms with Gasteiger partial charge in [-0.05, 0) is 11.4 Å². The van der Waals surface area contributed by atoms with Crippen molar-refractivity contribution in [3.8, 4) is 0 Å². The first-order valence-electron chi connectivity index (χ1n) is 4.12. The number of nitrogens with two attached hydrogens (primary N) is 1. The molecule has 0 radical (unpaired) electrons. The van der Waals surface area contributed by atoms with E-state index in [-0.39, 0.29) is 18.4 Å². The lowest BCUT2D eigenvalue weighted by atomic mass is 9.98. The summed E-state index contributed by atoms with van der Waals surface area (Å²) in [6.45, 7) is 1.96. The molecule has 0 spiro atoms. The SMILES string of the molecule is CC(c1cccs1)C(N)CC(=O)O. The van der Waals surface area contributed by atoms with Gasteiger partial charge < -0.3 is 10.8 Å². The molecule has 1 heterocycles. The largest absolute Gasteiger partial charge is 0.481 e. The van der Waals surface area contributed by atoms with Gasteiger partial charge in [0.25, 0.3) is 0 Å². The maximum atomic E-state index is 10.4. The Morgan fingerprint density at radius 2 is 2.46 bits per heavy atom. The Labute approximate surface area is 81.2 Å². The molecule has 0 aliphatic heterocycles. The van der Waals surface area contributed by atoms with Crippen LogP contribution in [0.1, 0.15) is 24.1 Å². The maximum absolute atomic E-state index is 10.4. The van der Waals surface area contributed by atoms with Crippen LogP contribution in [0.15, 0.2) is 17.5 Å². The van der Waals surface area contributed by atoms with Crippen LogP contribution in [0.2, 0.25) is 0 Å². The number of rotatable bonds is 4. The molecule has 13 heavy (non-hydrogen) atoms. The predicted molar refractivity (Wildman–Crippen MR) is 53.0 cm³/mol. The highest BCUT2D eigenvalue weighted by Gasteiger charge is 2.18. The van der Waals surface area contributed by atoms with Crippen molar-refractivity contribution in [2.75, 3.05) is 0 Å². The molecule has 0 bridgehead atoms. The highest BCUT2D eigenvalue weighted by molar-refractivity contribution is 7.10. The molecule has 1 aromatic heterocycles. The summed E-state index contributed by atoms with van der Waals surface area (Å²) in [5, 5.41) is 10.5. The summed E-state index contributed by atoms with van der Waals surface area (Å²) in [5.74, 6) is -0.716. The quantitative estimate of drug-likeness (QED) is 0.775. The van der Waals surface area contributed by atoms with E-state index in [0.29, 0.717) is 0 Å². The van der Waals surface area contributed by atoms with Crippen molar-refractivity contribution in [1.29, 1.82) is 0 Å². The van der Waals surface area contributed by atoms with Gasteiger partial charge in [0.2, 0.25) is 0 Å². The number of hydrogen-bond acceptors (Lipinski definition) is 3. The third-order valence-electron chi connectivity index (χ3n) is 2.04. The van der Waals surface area contributed by atoms with E-state index in [9.17, 15) is 4.79 Å². The molecule has 3 nitrogen and oxygen atoms in total. The second-order valence-corrected chi connectivity index (χ2v) is 4.05. The molecule has 3 N–H and O–H groups in total. The zero-order chi connectivity index (χ0) is 9.84. The molecular weight excluding hydrogens is 186 g/mol. The molecule has 72 valence electrons. The van der Waals surface area contributed by atoms with Crippen LogP contribution in [0.3, 0.4) is 0 Å². The second kappa shape index (κ2) is 4.39. The number of thiophene rings is 1. The fourth-order valence-electron chi connectivity index (χ4n) is 1.14. The van der Waals surface area contributed by atoms with Crippen LogP contribution in [-0.2, 0) is 4.79 Å². The van der Waals surface area contributed by atoms with Gasteiger partial charge in [-0.2, -0.15) is 0 Å². The molecule has 0 aromatic carbocycles.